The number of rotatable bonds is 7. The van der Waals surface area contributed by atoms with Gasteiger partial charge in [0.1, 0.15) is 18.5 Å². The zero-order valence-corrected chi connectivity index (χ0v) is 13.1. The van der Waals surface area contributed by atoms with Crippen molar-refractivity contribution in [2.45, 2.75) is 38.4 Å². The summed E-state index contributed by atoms with van der Waals surface area (Å²) >= 11 is 0. The molecule has 0 aliphatic heterocycles. The first-order valence-electron chi connectivity index (χ1n) is 6.93. The van der Waals surface area contributed by atoms with Crippen molar-refractivity contribution in [3.8, 4) is 0 Å². The van der Waals surface area contributed by atoms with Gasteiger partial charge in [-0.05, 0) is 31.1 Å². The summed E-state index contributed by atoms with van der Waals surface area (Å²) in [5.74, 6) is -0.0355. The number of esters is 1. The van der Waals surface area contributed by atoms with Crippen LogP contribution in [0.1, 0.15) is 26.7 Å². The molecular weight excluding hydrogens is 272 g/mol. The molecule has 0 fully saturated rings. The summed E-state index contributed by atoms with van der Waals surface area (Å²) in [4.78, 5) is 11.4. The maximum atomic E-state index is 11.4. The van der Waals surface area contributed by atoms with E-state index < -0.39 is 17.7 Å². The topological polar surface area (TPSA) is 65.0 Å². The summed E-state index contributed by atoms with van der Waals surface area (Å²) in [6.07, 6.45) is 4.20. The normalized spacial score (nSPS) is 24.9. The molecule has 5 nitrogen and oxygen atoms in total. The van der Waals surface area contributed by atoms with Gasteiger partial charge in [-0.1, -0.05) is 19.9 Å². The van der Waals surface area contributed by atoms with Crippen molar-refractivity contribution >= 4 is 5.97 Å². The third kappa shape index (κ3) is 3.95. The Kier molecular flexibility index (Phi) is 6.18. The van der Waals surface area contributed by atoms with E-state index in [0.29, 0.717) is 23.3 Å². The number of methoxy groups -OCH3 is 2. The average molecular weight is 296 g/mol. The molecule has 0 saturated heterocycles. The molecule has 0 amide bonds. The lowest BCUT2D eigenvalue weighted by molar-refractivity contribution is -0.138. The van der Waals surface area contributed by atoms with Gasteiger partial charge in [-0.2, -0.15) is 0 Å². The fraction of sp³-hybridized carbons (Fsp3) is 0.562. The first kappa shape index (κ1) is 17.5. The van der Waals surface area contributed by atoms with Crippen LogP contribution in [0.4, 0.5) is 0 Å². The van der Waals surface area contributed by atoms with Crippen molar-refractivity contribution in [1.29, 1.82) is 0 Å². The molecule has 5 heteroatoms. The van der Waals surface area contributed by atoms with Crippen LogP contribution in [0, 0.1) is 0 Å². The van der Waals surface area contributed by atoms with Crippen LogP contribution in [-0.2, 0) is 19.0 Å². The Balaban J connectivity index is 2.93. The predicted octanol–water partition coefficient (Wildman–Crippen LogP) is 2.12. The molecular formula is C16H24O5. The maximum Gasteiger partial charge on any atom is 0.333 e. The minimum absolute atomic E-state index is 0.0839. The van der Waals surface area contributed by atoms with E-state index in [1.807, 2.05) is 6.92 Å². The smallest absolute Gasteiger partial charge is 0.333 e. The van der Waals surface area contributed by atoms with Gasteiger partial charge < -0.3 is 19.3 Å². The predicted molar refractivity (Wildman–Crippen MR) is 79.6 cm³/mol. The first-order chi connectivity index (χ1) is 9.88. The maximum absolute atomic E-state index is 11.4. The summed E-state index contributed by atoms with van der Waals surface area (Å²) in [5.41, 5.74) is -0.137. The quantitative estimate of drug-likeness (QED) is 0.576. The number of ether oxygens (including phenoxy) is 3. The van der Waals surface area contributed by atoms with Gasteiger partial charge in [0.05, 0.1) is 7.11 Å². The molecule has 0 aromatic heterocycles. The van der Waals surface area contributed by atoms with Crippen LogP contribution in [0.3, 0.4) is 0 Å². The molecule has 1 rings (SSSR count). The number of aliphatic hydroxyl groups is 1. The minimum atomic E-state index is -1.19. The fourth-order valence-corrected chi connectivity index (χ4v) is 2.32. The summed E-state index contributed by atoms with van der Waals surface area (Å²) in [7, 11) is 3.03. The van der Waals surface area contributed by atoms with Crippen molar-refractivity contribution < 1.29 is 24.1 Å². The number of carbonyl (C=O) groups excluding carboxylic acids is 1. The summed E-state index contributed by atoms with van der Waals surface area (Å²) in [6, 6.07) is 0. The molecule has 0 saturated carbocycles. The largest absolute Gasteiger partial charge is 0.498 e. The molecule has 1 N–H and O–H groups in total. The SMILES string of the molecule is C=C(C)C(=O)OCC1=CC(OC)C(O)(CCC)C(OC)=C1. The van der Waals surface area contributed by atoms with Gasteiger partial charge in [-0.3, -0.25) is 0 Å². The van der Waals surface area contributed by atoms with Crippen molar-refractivity contribution in [3.63, 3.8) is 0 Å². The average Bonchev–Trinajstić information content (AvgIpc) is 2.45. The Morgan fingerprint density at radius 3 is 2.62 bits per heavy atom. The first-order valence-corrected chi connectivity index (χ1v) is 6.93. The van der Waals surface area contributed by atoms with E-state index >= 15 is 0 Å². The molecule has 0 bridgehead atoms. The zero-order chi connectivity index (χ0) is 16.0. The highest BCUT2D eigenvalue weighted by atomic mass is 16.5. The Bertz CT molecular complexity index is 463. The van der Waals surface area contributed by atoms with Gasteiger partial charge in [0.2, 0.25) is 0 Å². The molecule has 21 heavy (non-hydrogen) atoms. The molecule has 0 aromatic carbocycles. The second-order valence-electron chi connectivity index (χ2n) is 5.14. The molecule has 2 unspecified atom stereocenters. The van der Waals surface area contributed by atoms with Crippen molar-refractivity contribution in [2.75, 3.05) is 20.8 Å². The van der Waals surface area contributed by atoms with E-state index in [2.05, 4.69) is 6.58 Å². The van der Waals surface area contributed by atoms with Gasteiger partial charge >= 0.3 is 5.97 Å². The monoisotopic (exact) mass is 296 g/mol. The lowest BCUT2D eigenvalue weighted by Gasteiger charge is -2.37. The highest BCUT2D eigenvalue weighted by molar-refractivity contribution is 5.87. The van der Waals surface area contributed by atoms with Gasteiger partial charge in [0, 0.05) is 12.7 Å². The van der Waals surface area contributed by atoms with Crippen molar-refractivity contribution in [1.82, 2.24) is 0 Å². The van der Waals surface area contributed by atoms with Crippen LogP contribution in [0.5, 0.6) is 0 Å². The zero-order valence-electron chi connectivity index (χ0n) is 13.1. The Labute approximate surface area is 125 Å². The van der Waals surface area contributed by atoms with Gasteiger partial charge in [0.15, 0.2) is 5.60 Å². The second kappa shape index (κ2) is 7.43. The van der Waals surface area contributed by atoms with Crippen LogP contribution in [0.2, 0.25) is 0 Å². The number of hydrogen-bond acceptors (Lipinski definition) is 5. The van der Waals surface area contributed by atoms with E-state index in [9.17, 15) is 9.90 Å². The molecule has 2 atom stereocenters. The number of carbonyl (C=O) groups is 1. The molecule has 118 valence electrons. The molecule has 1 aliphatic rings. The Hall–Kier alpha value is -1.59. The van der Waals surface area contributed by atoms with Crippen LogP contribution in [0.25, 0.3) is 0 Å². The fourth-order valence-electron chi connectivity index (χ4n) is 2.32. The van der Waals surface area contributed by atoms with E-state index in [1.54, 1.807) is 19.1 Å². The van der Waals surface area contributed by atoms with Crippen LogP contribution in [-0.4, -0.2) is 43.6 Å². The van der Waals surface area contributed by atoms with Crippen LogP contribution < -0.4 is 0 Å². The highest BCUT2D eigenvalue weighted by Crippen LogP contribution is 2.34. The summed E-state index contributed by atoms with van der Waals surface area (Å²) < 4.78 is 15.8. The summed E-state index contributed by atoms with van der Waals surface area (Å²) in [5, 5.41) is 10.8. The van der Waals surface area contributed by atoms with Crippen molar-refractivity contribution in [2.24, 2.45) is 0 Å². The van der Waals surface area contributed by atoms with Gasteiger partial charge in [0.25, 0.3) is 0 Å². The minimum Gasteiger partial charge on any atom is -0.498 e. The lowest BCUT2D eigenvalue weighted by atomic mass is 9.83. The molecule has 0 heterocycles. The van der Waals surface area contributed by atoms with Gasteiger partial charge in [-0.15, -0.1) is 0 Å². The molecule has 0 aromatic rings. The number of hydrogen-bond donors (Lipinski definition) is 1. The van der Waals surface area contributed by atoms with E-state index in [-0.39, 0.29) is 6.61 Å². The van der Waals surface area contributed by atoms with E-state index in [1.165, 1.54) is 14.2 Å². The Morgan fingerprint density at radius 2 is 2.14 bits per heavy atom. The standard InChI is InChI=1S/C16H24O5/c1-6-7-16(18)13(19-4)8-12(9-14(16)20-5)10-21-15(17)11(2)3/h8-9,13,18H,2,6-7,10H2,1,3-5H3. The molecule has 0 spiro atoms. The van der Waals surface area contributed by atoms with Crippen LogP contribution in [0.15, 0.2) is 35.6 Å². The third-order valence-electron chi connectivity index (χ3n) is 3.40. The molecule has 0 radical (unpaired) electrons. The second-order valence-corrected chi connectivity index (χ2v) is 5.14. The van der Waals surface area contributed by atoms with Gasteiger partial charge in [-0.25, -0.2) is 4.79 Å². The summed E-state index contributed by atoms with van der Waals surface area (Å²) in [6.45, 7) is 7.18. The van der Waals surface area contributed by atoms with E-state index in [0.717, 1.165) is 6.42 Å². The Morgan fingerprint density at radius 1 is 1.48 bits per heavy atom. The van der Waals surface area contributed by atoms with Crippen molar-refractivity contribution in [3.05, 3.63) is 35.6 Å². The highest BCUT2D eigenvalue weighted by Gasteiger charge is 2.42. The van der Waals surface area contributed by atoms with E-state index in [4.69, 9.17) is 14.2 Å². The molecule has 1 aliphatic carbocycles. The van der Waals surface area contributed by atoms with Crippen LogP contribution >= 0.6 is 0 Å². The lowest BCUT2D eigenvalue weighted by Crippen LogP contribution is -2.46. The third-order valence-corrected chi connectivity index (χ3v) is 3.40.